The maximum atomic E-state index is 12.7. The van der Waals surface area contributed by atoms with Crippen LogP contribution in [0.5, 0.6) is 5.75 Å². The van der Waals surface area contributed by atoms with Crippen LogP contribution < -0.4 is 4.74 Å². The molecular formula is C7H4F5NO. The summed E-state index contributed by atoms with van der Waals surface area (Å²) in [6.45, 7) is 0.959. The average molecular weight is 213 g/mol. The van der Waals surface area contributed by atoms with E-state index in [9.17, 15) is 22.0 Å². The van der Waals surface area contributed by atoms with Gasteiger partial charge in [0.05, 0.1) is 6.20 Å². The number of halogens is 5. The summed E-state index contributed by atoms with van der Waals surface area (Å²) in [6, 6.07) is 0. The highest BCUT2D eigenvalue weighted by Crippen LogP contribution is 2.27. The number of rotatable bonds is 1. The van der Waals surface area contributed by atoms with Crippen molar-refractivity contribution in [1.82, 2.24) is 4.98 Å². The summed E-state index contributed by atoms with van der Waals surface area (Å²) in [6.07, 6.45) is -4.47. The number of alkyl halides is 3. The largest absolute Gasteiger partial charge is 0.573 e. The normalized spacial score (nSPS) is 11.6. The topological polar surface area (TPSA) is 22.1 Å². The SMILES string of the molecule is Cc1c(OC(F)(F)F)cnc(F)c1F. The van der Waals surface area contributed by atoms with Crippen LogP contribution in [0.1, 0.15) is 5.56 Å². The van der Waals surface area contributed by atoms with Crippen LogP contribution in [0.2, 0.25) is 0 Å². The van der Waals surface area contributed by atoms with E-state index in [1.807, 2.05) is 0 Å². The summed E-state index contributed by atoms with van der Waals surface area (Å²) in [5.41, 5.74) is -0.574. The molecule has 14 heavy (non-hydrogen) atoms. The second kappa shape index (κ2) is 3.39. The standard InChI is InChI=1S/C7H4F5NO/c1-3-4(14-7(10,11)12)2-13-6(9)5(3)8/h2H,1H3. The molecule has 0 aromatic carbocycles. The number of aromatic nitrogens is 1. The second-order valence-electron chi connectivity index (χ2n) is 2.40. The zero-order chi connectivity index (χ0) is 10.9. The molecule has 0 aliphatic rings. The van der Waals surface area contributed by atoms with Crippen molar-refractivity contribution in [1.29, 1.82) is 0 Å². The Kier molecular flexibility index (Phi) is 2.59. The van der Waals surface area contributed by atoms with Gasteiger partial charge in [0.1, 0.15) is 0 Å². The maximum Gasteiger partial charge on any atom is 0.573 e. The Labute approximate surface area is 75.3 Å². The molecule has 0 aliphatic heterocycles. The van der Waals surface area contributed by atoms with Crippen molar-refractivity contribution < 1.29 is 26.7 Å². The summed E-state index contributed by atoms with van der Waals surface area (Å²) >= 11 is 0. The van der Waals surface area contributed by atoms with Gasteiger partial charge in [-0.1, -0.05) is 0 Å². The number of ether oxygens (including phenoxy) is 1. The first-order chi connectivity index (χ1) is 6.31. The molecule has 0 amide bonds. The third-order valence-corrected chi connectivity index (χ3v) is 1.40. The van der Waals surface area contributed by atoms with Crippen molar-refractivity contribution >= 4 is 0 Å². The van der Waals surface area contributed by atoms with Gasteiger partial charge in [0.25, 0.3) is 0 Å². The van der Waals surface area contributed by atoms with Crippen LogP contribution in [0.4, 0.5) is 22.0 Å². The van der Waals surface area contributed by atoms with E-state index in [1.165, 1.54) is 0 Å². The summed E-state index contributed by atoms with van der Waals surface area (Å²) in [4.78, 5) is 2.76. The minimum absolute atomic E-state index is 0.473. The third kappa shape index (κ3) is 2.30. The molecule has 7 heteroatoms. The first-order valence-corrected chi connectivity index (χ1v) is 3.37. The molecule has 0 bridgehead atoms. The molecule has 0 N–H and O–H groups in total. The van der Waals surface area contributed by atoms with Gasteiger partial charge in [-0.25, -0.2) is 9.37 Å². The van der Waals surface area contributed by atoms with Gasteiger partial charge >= 0.3 is 6.36 Å². The zero-order valence-corrected chi connectivity index (χ0v) is 6.82. The van der Waals surface area contributed by atoms with Crippen molar-refractivity contribution in [2.45, 2.75) is 13.3 Å². The molecule has 0 fully saturated rings. The molecule has 0 aliphatic carbocycles. The van der Waals surface area contributed by atoms with Crippen molar-refractivity contribution in [3.05, 3.63) is 23.5 Å². The van der Waals surface area contributed by atoms with E-state index in [2.05, 4.69) is 9.72 Å². The summed E-state index contributed by atoms with van der Waals surface area (Å²) in [5.74, 6) is -3.76. The highest BCUT2D eigenvalue weighted by Gasteiger charge is 2.32. The molecule has 1 aromatic rings. The van der Waals surface area contributed by atoms with E-state index >= 15 is 0 Å². The molecule has 1 heterocycles. The Morgan fingerprint density at radius 3 is 2.36 bits per heavy atom. The van der Waals surface area contributed by atoms with Gasteiger partial charge in [-0.15, -0.1) is 13.2 Å². The van der Waals surface area contributed by atoms with E-state index in [0.717, 1.165) is 6.92 Å². The van der Waals surface area contributed by atoms with Crippen LogP contribution in [0.25, 0.3) is 0 Å². The second-order valence-corrected chi connectivity index (χ2v) is 2.40. The Morgan fingerprint density at radius 1 is 1.29 bits per heavy atom. The summed E-state index contributed by atoms with van der Waals surface area (Å²) in [5, 5.41) is 0. The fourth-order valence-electron chi connectivity index (χ4n) is 0.759. The van der Waals surface area contributed by atoms with Gasteiger partial charge in [0.15, 0.2) is 11.6 Å². The molecule has 0 radical (unpaired) electrons. The number of pyridine rings is 1. The van der Waals surface area contributed by atoms with Crippen LogP contribution in [-0.4, -0.2) is 11.3 Å². The lowest BCUT2D eigenvalue weighted by molar-refractivity contribution is -0.275. The quantitative estimate of drug-likeness (QED) is 0.528. The van der Waals surface area contributed by atoms with Gasteiger partial charge in [-0.3, -0.25) is 0 Å². The van der Waals surface area contributed by atoms with E-state index in [4.69, 9.17) is 0 Å². The van der Waals surface area contributed by atoms with E-state index in [0.29, 0.717) is 6.20 Å². The molecule has 78 valence electrons. The van der Waals surface area contributed by atoms with Gasteiger partial charge < -0.3 is 4.74 Å². The molecule has 1 rings (SSSR count). The summed E-state index contributed by atoms with van der Waals surface area (Å²) in [7, 11) is 0. The van der Waals surface area contributed by atoms with Gasteiger partial charge in [-0.05, 0) is 6.92 Å². The van der Waals surface area contributed by atoms with E-state index in [-0.39, 0.29) is 0 Å². The number of hydrogen-bond donors (Lipinski definition) is 0. The molecule has 0 atom stereocenters. The fourth-order valence-corrected chi connectivity index (χ4v) is 0.759. The van der Waals surface area contributed by atoms with Crippen LogP contribution in [0.15, 0.2) is 6.20 Å². The van der Waals surface area contributed by atoms with Crippen LogP contribution in [-0.2, 0) is 0 Å². The van der Waals surface area contributed by atoms with Gasteiger partial charge in [-0.2, -0.15) is 4.39 Å². The smallest absolute Gasteiger partial charge is 0.404 e. The molecule has 0 unspecified atom stereocenters. The van der Waals surface area contributed by atoms with Gasteiger partial charge in [0, 0.05) is 5.56 Å². The van der Waals surface area contributed by atoms with Crippen molar-refractivity contribution in [2.24, 2.45) is 0 Å². The number of hydrogen-bond acceptors (Lipinski definition) is 2. The van der Waals surface area contributed by atoms with Crippen molar-refractivity contribution in [3.63, 3.8) is 0 Å². The first kappa shape index (κ1) is 10.7. The van der Waals surface area contributed by atoms with Crippen molar-refractivity contribution in [2.75, 3.05) is 0 Å². The van der Waals surface area contributed by atoms with Crippen LogP contribution in [0, 0.1) is 18.7 Å². The third-order valence-electron chi connectivity index (χ3n) is 1.40. The minimum Gasteiger partial charge on any atom is -0.404 e. The molecule has 0 saturated carbocycles. The lowest BCUT2D eigenvalue weighted by Gasteiger charge is -2.10. The molecule has 0 spiro atoms. The Balaban J connectivity index is 3.06. The molecule has 1 aromatic heterocycles. The average Bonchev–Trinajstić information content (AvgIpc) is 2.04. The lowest BCUT2D eigenvalue weighted by Crippen LogP contribution is -2.18. The maximum absolute atomic E-state index is 12.7. The predicted octanol–water partition coefficient (Wildman–Crippen LogP) is 2.57. The lowest BCUT2D eigenvalue weighted by atomic mass is 10.2. The van der Waals surface area contributed by atoms with E-state index in [1.54, 1.807) is 0 Å². The Hall–Kier alpha value is -1.40. The Morgan fingerprint density at radius 2 is 1.86 bits per heavy atom. The highest BCUT2D eigenvalue weighted by atomic mass is 19.4. The minimum atomic E-state index is -4.95. The fraction of sp³-hybridized carbons (Fsp3) is 0.286. The van der Waals surface area contributed by atoms with E-state index < -0.39 is 29.4 Å². The highest BCUT2D eigenvalue weighted by molar-refractivity contribution is 5.30. The predicted molar refractivity (Wildman–Crippen MR) is 35.6 cm³/mol. The van der Waals surface area contributed by atoms with Crippen molar-refractivity contribution in [3.8, 4) is 5.75 Å². The Bertz CT molecular complexity index is 349. The molecule has 2 nitrogen and oxygen atoms in total. The molecule has 0 saturated heterocycles. The first-order valence-electron chi connectivity index (χ1n) is 3.37. The van der Waals surface area contributed by atoms with Gasteiger partial charge in [0.2, 0.25) is 5.95 Å². The van der Waals surface area contributed by atoms with Crippen LogP contribution >= 0.6 is 0 Å². The monoisotopic (exact) mass is 213 g/mol. The molecular weight excluding hydrogens is 209 g/mol. The number of nitrogens with zero attached hydrogens (tertiary/aromatic N) is 1. The summed E-state index contributed by atoms with van der Waals surface area (Å²) < 4.78 is 63.5. The zero-order valence-electron chi connectivity index (χ0n) is 6.82. The van der Waals surface area contributed by atoms with Crippen LogP contribution in [0.3, 0.4) is 0 Å².